The quantitative estimate of drug-likeness (QED) is 0.781. The normalized spacial score (nSPS) is 10.1. The van der Waals surface area contributed by atoms with Crippen LogP contribution >= 0.6 is 0 Å². The van der Waals surface area contributed by atoms with Crippen LogP contribution in [0, 0.1) is 11.3 Å². The van der Waals surface area contributed by atoms with Crippen LogP contribution in [0.25, 0.3) is 5.69 Å². The molecule has 0 saturated carbocycles. The number of nitriles is 1. The lowest BCUT2D eigenvalue weighted by Gasteiger charge is -2.04. The van der Waals surface area contributed by atoms with Gasteiger partial charge in [-0.3, -0.25) is 4.79 Å². The Balaban J connectivity index is 1.56. The SMILES string of the molecule is N#Cc1cc(C(=O)NCCc2ccn(-c3ccccc3)n2)ccn1. The molecule has 1 N–H and O–H groups in total. The zero-order valence-electron chi connectivity index (χ0n) is 12.9. The van der Waals surface area contributed by atoms with E-state index in [0.29, 0.717) is 18.5 Å². The Hall–Kier alpha value is -3.46. The van der Waals surface area contributed by atoms with E-state index < -0.39 is 0 Å². The maximum absolute atomic E-state index is 12.1. The van der Waals surface area contributed by atoms with Crippen LogP contribution in [-0.4, -0.2) is 27.2 Å². The largest absolute Gasteiger partial charge is 0.352 e. The topological polar surface area (TPSA) is 83.6 Å². The summed E-state index contributed by atoms with van der Waals surface area (Å²) in [6, 6.07) is 16.7. The smallest absolute Gasteiger partial charge is 0.251 e. The van der Waals surface area contributed by atoms with E-state index in [1.54, 1.807) is 10.7 Å². The molecular weight excluding hydrogens is 302 g/mol. The van der Waals surface area contributed by atoms with Gasteiger partial charge in [-0.25, -0.2) is 9.67 Å². The number of pyridine rings is 1. The average molecular weight is 317 g/mol. The van der Waals surface area contributed by atoms with Crippen LogP contribution in [0.5, 0.6) is 0 Å². The Labute approximate surface area is 139 Å². The first-order chi connectivity index (χ1) is 11.8. The molecule has 118 valence electrons. The summed E-state index contributed by atoms with van der Waals surface area (Å²) in [5.74, 6) is -0.226. The number of rotatable bonds is 5. The minimum Gasteiger partial charge on any atom is -0.352 e. The van der Waals surface area contributed by atoms with Crippen LogP contribution in [-0.2, 0) is 6.42 Å². The summed E-state index contributed by atoms with van der Waals surface area (Å²) in [6.45, 7) is 0.467. The molecule has 0 aliphatic heterocycles. The summed E-state index contributed by atoms with van der Waals surface area (Å²) in [4.78, 5) is 15.9. The second-order valence-electron chi connectivity index (χ2n) is 5.13. The number of aromatic nitrogens is 3. The predicted molar refractivity (Wildman–Crippen MR) is 88.6 cm³/mol. The molecule has 0 atom stereocenters. The first-order valence-corrected chi connectivity index (χ1v) is 7.50. The van der Waals surface area contributed by atoms with Gasteiger partial charge in [0, 0.05) is 30.9 Å². The summed E-state index contributed by atoms with van der Waals surface area (Å²) < 4.78 is 1.80. The highest BCUT2D eigenvalue weighted by Crippen LogP contribution is 2.07. The number of carbonyl (C=O) groups excluding carboxylic acids is 1. The molecule has 0 spiro atoms. The van der Waals surface area contributed by atoms with E-state index >= 15 is 0 Å². The van der Waals surface area contributed by atoms with Crippen molar-refractivity contribution >= 4 is 5.91 Å². The van der Waals surface area contributed by atoms with Gasteiger partial charge in [-0.1, -0.05) is 18.2 Å². The second kappa shape index (κ2) is 7.20. The third kappa shape index (κ3) is 3.65. The van der Waals surface area contributed by atoms with Crippen molar-refractivity contribution in [3.8, 4) is 11.8 Å². The van der Waals surface area contributed by atoms with E-state index in [1.165, 1.54) is 12.3 Å². The van der Waals surface area contributed by atoms with Crippen LogP contribution in [0.1, 0.15) is 21.7 Å². The lowest BCUT2D eigenvalue weighted by Crippen LogP contribution is -2.26. The summed E-state index contributed by atoms with van der Waals surface area (Å²) in [6.07, 6.45) is 3.98. The Morgan fingerprint density at radius 3 is 2.83 bits per heavy atom. The van der Waals surface area contributed by atoms with Crippen molar-refractivity contribution in [1.29, 1.82) is 5.26 Å². The number of nitrogens with one attached hydrogen (secondary N) is 1. The molecule has 2 heterocycles. The minimum atomic E-state index is -0.226. The summed E-state index contributed by atoms with van der Waals surface area (Å²) in [5, 5.41) is 16.1. The Morgan fingerprint density at radius 1 is 1.21 bits per heavy atom. The Kier molecular flexibility index (Phi) is 4.63. The third-order valence-electron chi connectivity index (χ3n) is 3.47. The minimum absolute atomic E-state index is 0.226. The fraction of sp³-hybridized carbons (Fsp3) is 0.111. The van der Waals surface area contributed by atoms with Gasteiger partial charge in [-0.2, -0.15) is 10.4 Å². The maximum atomic E-state index is 12.1. The molecule has 1 aromatic carbocycles. The van der Waals surface area contributed by atoms with Crippen LogP contribution in [0.15, 0.2) is 60.9 Å². The van der Waals surface area contributed by atoms with Gasteiger partial charge in [0.15, 0.2) is 0 Å². The summed E-state index contributed by atoms with van der Waals surface area (Å²) >= 11 is 0. The molecule has 1 amide bonds. The number of benzene rings is 1. The van der Waals surface area contributed by atoms with Crippen LogP contribution in [0.3, 0.4) is 0 Å². The predicted octanol–water partition coefficient (Wildman–Crippen LogP) is 2.11. The Bertz CT molecular complexity index is 880. The van der Waals surface area contributed by atoms with E-state index in [2.05, 4.69) is 15.4 Å². The van der Waals surface area contributed by atoms with Gasteiger partial charge < -0.3 is 5.32 Å². The van der Waals surface area contributed by atoms with Gasteiger partial charge in [0.1, 0.15) is 11.8 Å². The molecule has 6 heteroatoms. The van der Waals surface area contributed by atoms with Gasteiger partial charge in [-0.05, 0) is 30.3 Å². The van der Waals surface area contributed by atoms with Crippen molar-refractivity contribution in [3.63, 3.8) is 0 Å². The number of hydrogen-bond donors (Lipinski definition) is 1. The highest BCUT2D eigenvalue weighted by molar-refractivity contribution is 5.94. The molecule has 3 rings (SSSR count). The molecular formula is C18H15N5O. The zero-order valence-corrected chi connectivity index (χ0v) is 12.9. The molecule has 0 aliphatic carbocycles. The van der Waals surface area contributed by atoms with Crippen molar-refractivity contribution in [2.75, 3.05) is 6.54 Å². The van der Waals surface area contributed by atoms with Crippen LogP contribution in [0.4, 0.5) is 0 Å². The molecule has 0 fully saturated rings. The summed E-state index contributed by atoms with van der Waals surface area (Å²) in [7, 11) is 0. The molecule has 0 unspecified atom stereocenters. The number of nitrogens with zero attached hydrogens (tertiary/aromatic N) is 4. The van der Waals surface area contributed by atoms with Crippen molar-refractivity contribution < 1.29 is 4.79 Å². The number of carbonyl (C=O) groups is 1. The van der Waals surface area contributed by atoms with Gasteiger partial charge in [0.2, 0.25) is 0 Å². The highest BCUT2D eigenvalue weighted by Gasteiger charge is 2.07. The zero-order chi connectivity index (χ0) is 16.8. The van der Waals surface area contributed by atoms with Crippen molar-refractivity contribution in [2.45, 2.75) is 6.42 Å². The monoisotopic (exact) mass is 317 g/mol. The summed E-state index contributed by atoms with van der Waals surface area (Å²) in [5.41, 5.74) is 2.54. The van der Waals surface area contributed by atoms with Crippen LogP contribution < -0.4 is 5.32 Å². The fourth-order valence-corrected chi connectivity index (χ4v) is 2.26. The van der Waals surface area contributed by atoms with E-state index in [-0.39, 0.29) is 11.6 Å². The van der Waals surface area contributed by atoms with Crippen molar-refractivity contribution in [3.05, 3.63) is 77.9 Å². The highest BCUT2D eigenvalue weighted by atomic mass is 16.1. The van der Waals surface area contributed by atoms with Gasteiger partial charge in [-0.15, -0.1) is 0 Å². The molecule has 0 saturated heterocycles. The number of hydrogen-bond acceptors (Lipinski definition) is 4. The van der Waals surface area contributed by atoms with Gasteiger partial charge in [0.25, 0.3) is 5.91 Å². The first-order valence-electron chi connectivity index (χ1n) is 7.50. The Morgan fingerprint density at radius 2 is 2.04 bits per heavy atom. The van der Waals surface area contributed by atoms with Crippen molar-refractivity contribution in [1.82, 2.24) is 20.1 Å². The maximum Gasteiger partial charge on any atom is 0.251 e. The first kappa shape index (κ1) is 15.4. The van der Waals surface area contributed by atoms with E-state index in [0.717, 1.165) is 11.4 Å². The van der Waals surface area contributed by atoms with Gasteiger partial charge >= 0.3 is 0 Å². The van der Waals surface area contributed by atoms with Crippen LogP contribution in [0.2, 0.25) is 0 Å². The molecule has 0 radical (unpaired) electrons. The van der Waals surface area contributed by atoms with Gasteiger partial charge in [0.05, 0.1) is 11.4 Å². The standard InChI is InChI=1S/C18H15N5O/c19-13-16-12-14(6-9-20-16)18(24)21-10-7-15-8-11-23(22-15)17-4-2-1-3-5-17/h1-6,8-9,11-12H,7,10H2,(H,21,24). The molecule has 6 nitrogen and oxygen atoms in total. The molecule has 24 heavy (non-hydrogen) atoms. The van der Waals surface area contributed by atoms with E-state index in [1.807, 2.05) is 48.7 Å². The molecule has 0 aliphatic rings. The van der Waals surface area contributed by atoms with Crippen molar-refractivity contribution in [2.24, 2.45) is 0 Å². The number of para-hydroxylation sites is 1. The third-order valence-corrected chi connectivity index (χ3v) is 3.47. The van der Waals surface area contributed by atoms with E-state index in [9.17, 15) is 4.79 Å². The molecule has 0 bridgehead atoms. The second-order valence-corrected chi connectivity index (χ2v) is 5.13. The van der Waals surface area contributed by atoms with E-state index in [4.69, 9.17) is 5.26 Å². The molecule has 3 aromatic rings. The lowest BCUT2D eigenvalue weighted by atomic mass is 10.2. The average Bonchev–Trinajstić information content (AvgIpc) is 3.11. The molecule has 2 aromatic heterocycles. The number of amides is 1. The fourth-order valence-electron chi connectivity index (χ4n) is 2.26. The lowest BCUT2D eigenvalue weighted by molar-refractivity contribution is 0.0954.